The van der Waals surface area contributed by atoms with E-state index in [2.05, 4.69) is 15.0 Å². The molecule has 5 nitrogen and oxygen atoms in total. The highest BCUT2D eigenvalue weighted by atomic mass is 35.5. The zero-order chi connectivity index (χ0) is 14.4. The molecule has 0 saturated heterocycles. The zero-order valence-corrected chi connectivity index (χ0v) is 12.1. The van der Waals surface area contributed by atoms with E-state index in [0.29, 0.717) is 16.1 Å². The third kappa shape index (κ3) is 1.82. The molecule has 6 heteroatoms. The molecule has 0 aliphatic rings. The fourth-order valence-corrected chi connectivity index (χ4v) is 2.41. The fourth-order valence-electron chi connectivity index (χ4n) is 2.12. The number of aryl methyl sites for hydroxylation is 2. The van der Waals surface area contributed by atoms with E-state index in [4.69, 9.17) is 22.1 Å². The summed E-state index contributed by atoms with van der Waals surface area (Å²) in [6.07, 6.45) is 0. The van der Waals surface area contributed by atoms with E-state index in [1.54, 1.807) is 0 Å². The van der Waals surface area contributed by atoms with Crippen LogP contribution in [-0.2, 0) is 0 Å². The molecule has 102 valence electrons. The molecule has 20 heavy (non-hydrogen) atoms. The average molecular weight is 289 g/mol. The quantitative estimate of drug-likeness (QED) is 0.697. The summed E-state index contributed by atoms with van der Waals surface area (Å²) in [6.45, 7) is 4.06. The Labute approximate surface area is 120 Å². The minimum Gasteiger partial charge on any atom is -0.467 e. The number of hydrogen-bond donors (Lipinski definition) is 1. The van der Waals surface area contributed by atoms with Crippen molar-refractivity contribution in [2.24, 2.45) is 0 Å². The van der Waals surface area contributed by atoms with Crippen molar-refractivity contribution in [2.75, 3.05) is 12.8 Å². The molecular weight excluding hydrogens is 276 g/mol. The monoisotopic (exact) mass is 288 g/mol. The molecule has 2 aromatic heterocycles. The summed E-state index contributed by atoms with van der Waals surface area (Å²) in [4.78, 5) is 12.8. The Morgan fingerprint density at radius 3 is 2.45 bits per heavy atom. The van der Waals surface area contributed by atoms with Gasteiger partial charge in [-0.25, -0.2) is 4.98 Å². The number of nitrogens with two attached hydrogens (primary N) is 1. The molecule has 2 heterocycles. The van der Waals surface area contributed by atoms with Crippen LogP contribution in [0.25, 0.3) is 21.9 Å². The average Bonchev–Trinajstić information content (AvgIpc) is 2.42. The maximum atomic E-state index is 6.46. The fraction of sp³-hybridized carbons (Fsp3) is 0.214. The summed E-state index contributed by atoms with van der Waals surface area (Å²) < 4.78 is 5.02. The van der Waals surface area contributed by atoms with Gasteiger partial charge in [0.15, 0.2) is 5.82 Å². The minimum absolute atomic E-state index is 0.182. The van der Waals surface area contributed by atoms with Gasteiger partial charge >= 0.3 is 6.01 Å². The topological polar surface area (TPSA) is 73.9 Å². The summed E-state index contributed by atoms with van der Waals surface area (Å²) >= 11 is 6.46. The number of anilines is 1. The van der Waals surface area contributed by atoms with Gasteiger partial charge in [-0.15, -0.1) is 0 Å². The molecule has 0 bridgehead atoms. The number of halogens is 1. The van der Waals surface area contributed by atoms with Crippen LogP contribution in [0, 0.1) is 13.8 Å². The van der Waals surface area contributed by atoms with E-state index in [1.165, 1.54) is 7.11 Å². The Bertz CT molecular complexity index is 848. The summed E-state index contributed by atoms with van der Waals surface area (Å²) in [5, 5.41) is 1.36. The number of aromatic nitrogens is 3. The van der Waals surface area contributed by atoms with Gasteiger partial charge in [0.2, 0.25) is 0 Å². The van der Waals surface area contributed by atoms with E-state index in [1.807, 2.05) is 26.0 Å². The Kier molecular flexibility index (Phi) is 2.87. The first-order chi connectivity index (χ1) is 9.51. The smallest absolute Gasteiger partial charge is 0.318 e. The van der Waals surface area contributed by atoms with E-state index in [0.717, 1.165) is 22.0 Å². The van der Waals surface area contributed by atoms with Gasteiger partial charge in [-0.3, -0.25) is 0 Å². The van der Waals surface area contributed by atoms with Crippen LogP contribution < -0.4 is 10.5 Å². The SMILES string of the molecule is COc1nc(N)c2nc3cc(C)c(C)cc3c(Cl)c2n1. The number of ether oxygens (including phenoxy) is 1. The molecule has 0 radical (unpaired) electrons. The number of rotatable bonds is 1. The van der Waals surface area contributed by atoms with Crippen LogP contribution in [0.4, 0.5) is 5.82 Å². The van der Waals surface area contributed by atoms with E-state index in [-0.39, 0.29) is 11.8 Å². The van der Waals surface area contributed by atoms with Crippen molar-refractivity contribution in [3.8, 4) is 6.01 Å². The summed E-state index contributed by atoms with van der Waals surface area (Å²) in [5.41, 5.74) is 9.98. The maximum absolute atomic E-state index is 6.46. The lowest BCUT2D eigenvalue weighted by atomic mass is 10.1. The van der Waals surface area contributed by atoms with Crippen LogP contribution in [0.2, 0.25) is 5.02 Å². The number of pyridine rings is 1. The molecule has 0 fully saturated rings. The van der Waals surface area contributed by atoms with Gasteiger partial charge in [0.05, 0.1) is 17.6 Å². The highest BCUT2D eigenvalue weighted by molar-refractivity contribution is 6.40. The number of benzene rings is 1. The molecule has 0 unspecified atom stereocenters. The zero-order valence-electron chi connectivity index (χ0n) is 11.4. The van der Waals surface area contributed by atoms with Gasteiger partial charge < -0.3 is 10.5 Å². The first-order valence-electron chi connectivity index (χ1n) is 6.09. The van der Waals surface area contributed by atoms with Gasteiger partial charge in [-0.05, 0) is 37.1 Å². The first-order valence-corrected chi connectivity index (χ1v) is 6.46. The summed E-state index contributed by atoms with van der Waals surface area (Å²) in [5.74, 6) is 0.258. The third-order valence-electron chi connectivity index (χ3n) is 3.36. The molecule has 3 aromatic rings. The maximum Gasteiger partial charge on any atom is 0.318 e. The van der Waals surface area contributed by atoms with Crippen molar-refractivity contribution in [1.82, 2.24) is 15.0 Å². The minimum atomic E-state index is 0.182. The number of methoxy groups -OCH3 is 1. The van der Waals surface area contributed by atoms with Crippen molar-refractivity contribution in [3.05, 3.63) is 28.3 Å². The molecule has 0 aliphatic heterocycles. The van der Waals surface area contributed by atoms with Gasteiger partial charge in [-0.1, -0.05) is 11.6 Å². The van der Waals surface area contributed by atoms with Gasteiger partial charge in [-0.2, -0.15) is 9.97 Å². The Morgan fingerprint density at radius 2 is 1.75 bits per heavy atom. The predicted molar refractivity (Wildman–Crippen MR) is 80.3 cm³/mol. The highest BCUT2D eigenvalue weighted by Crippen LogP contribution is 2.33. The van der Waals surface area contributed by atoms with Crippen LogP contribution in [0.3, 0.4) is 0 Å². The van der Waals surface area contributed by atoms with E-state index < -0.39 is 0 Å². The molecule has 2 N–H and O–H groups in total. The number of fused-ring (bicyclic) bond motifs is 2. The second kappa shape index (κ2) is 4.45. The Hall–Kier alpha value is -2.14. The van der Waals surface area contributed by atoms with E-state index in [9.17, 15) is 0 Å². The summed E-state index contributed by atoms with van der Waals surface area (Å²) in [7, 11) is 1.48. The van der Waals surface area contributed by atoms with Gasteiger partial charge in [0.25, 0.3) is 0 Å². The van der Waals surface area contributed by atoms with Crippen molar-refractivity contribution < 1.29 is 4.74 Å². The molecule has 0 spiro atoms. The molecule has 3 rings (SSSR count). The first kappa shape index (κ1) is 12.9. The predicted octanol–water partition coefficient (Wildman–Crippen LogP) is 3.04. The van der Waals surface area contributed by atoms with Crippen LogP contribution in [0.15, 0.2) is 12.1 Å². The van der Waals surface area contributed by atoms with Gasteiger partial charge in [0, 0.05) is 5.39 Å². The number of nitrogen functional groups attached to an aromatic ring is 1. The second-order valence-electron chi connectivity index (χ2n) is 4.67. The third-order valence-corrected chi connectivity index (χ3v) is 3.74. The molecular formula is C14H13ClN4O. The van der Waals surface area contributed by atoms with E-state index >= 15 is 0 Å². The van der Waals surface area contributed by atoms with Crippen LogP contribution in [0.1, 0.15) is 11.1 Å². The molecule has 0 aliphatic carbocycles. The van der Waals surface area contributed by atoms with Crippen molar-refractivity contribution in [2.45, 2.75) is 13.8 Å². The molecule has 0 amide bonds. The van der Waals surface area contributed by atoms with Crippen LogP contribution in [0.5, 0.6) is 6.01 Å². The number of nitrogens with zero attached hydrogens (tertiary/aromatic N) is 3. The molecule has 1 aromatic carbocycles. The molecule has 0 saturated carbocycles. The Balaban J connectivity index is 2.50. The number of hydrogen-bond acceptors (Lipinski definition) is 5. The van der Waals surface area contributed by atoms with Crippen LogP contribution in [-0.4, -0.2) is 22.1 Å². The van der Waals surface area contributed by atoms with Crippen molar-refractivity contribution in [1.29, 1.82) is 0 Å². The second-order valence-corrected chi connectivity index (χ2v) is 5.05. The highest BCUT2D eigenvalue weighted by Gasteiger charge is 2.14. The lowest BCUT2D eigenvalue weighted by Crippen LogP contribution is -2.01. The van der Waals surface area contributed by atoms with Crippen LogP contribution >= 0.6 is 11.6 Å². The largest absolute Gasteiger partial charge is 0.467 e. The summed E-state index contributed by atoms with van der Waals surface area (Å²) in [6, 6.07) is 4.17. The lowest BCUT2D eigenvalue weighted by Gasteiger charge is -2.09. The van der Waals surface area contributed by atoms with Gasteiger partial charge in [0.1, 0.15) is 11.0 Å². The van der Waals surface area contributed by atoms with Crippen molar-refractivity contribution in [3.63, 3.8) is 0 Å². The Morgan fingerprint density at radius 1 is 1.05 bits per heavy atom. The standard InChI is InChI=1S/C14H13ClN4O/c1-6-4-8-9(5-7(6)2)17-12-11(10(8)15)18-14(20-3)19-13(12)16/h4-5H,1-3H3,(H2,16,18,19). The van der Waals surface area contributed by atoms with Crippen molar-refractivity contribution >= 4 is 39.4 Å². The normalized spacial score (nSPS) is 11.2. The molecule has 0 atom stereocenters. The lowest BCUT2D eigenvalue weighted by molar-refractivity contribution is 0.382.